The molecule has 1 fully saturated rings. The summed E-state index contributed by atoms with van der Waals surface area (Å²) < 4.78 is 0. The molecule has 0 unspecified atom stereocenters. The quantitative estimate of drug-likeness (QED) is 0.734. The maximum atomic E-state index is 13.3. The molecule has 0 saturated carbocycles. The zero-order valence-corrected chi connectivity index (χ0v) is 18.3. The number of hydrogen-bond donors (Lipinski definition) is 0. The molecule has 0 atom stereocenters. The predicted octanol–water partition coefficient (Wildman–Crippen LogP) is 2.64. The van der Waals surface area contributed by atoms with E-state index in [9.17, 15) is 10.1 Å². The Morgan fingerprint density at radius 3 is 2.40 bits per heavy atom. The summed E-state index contributed by atoms with van der Waals surface area (Å²) in [6.07, 6.45) is 1.74. The number of anilines is 1. The number of nitrogens with zero attached hydrogens (tertiary/aromatic N) is 6. The van der Waals surface area contributed by atoms with Crippen LogP contribution in [0.3, 0.4) is 0 Å². The summed E-state index contributed by atoms with van der Waals surface area (Å²) in [7, 11) is 4.03. The molecule has 1 aromatic carbocycles. The SMILES string of the molecule is Cc1cc(C)nc(N2CCC(N(CCN(C)C)C(=O)c3cccc(C#N)c3)CC2)n1. The number of hydrogen-bond acceptors (Lipinski definition) is 6. The highest BCUT2D eigenvalue weighted by molar-refractivity contribution is 5.94. The molecule has 0 N–H and O–H groups in total. The molecular weight excluding hydrogens is 376 g/mol. The van der Waals surface area contributed by atoms with Gasteiger partial charge in [-0.05, 0) is 65.0 Å². The van der Waals surface area contributed by atoms with Gasteiger partial charge in [-0.25, -0.2) is 9.97 Å². The van der Waals surface area contributed by atoms with E-state index in [1.165, 1.54) is 0 Å². The number of benzene rings is 1. The molecule has 7 nitrogen and oxygen atoms in total. The fourth-order valence-corrected chi connectivity index (χ4v) is 3.87. The van der Waals surface area contributed by atoms with Crippen LogP contribution >= 0.6 is 0 Å². The molecule has 7 heteroatoms. The molecule has 1 aliphatic heterocycles. The molecule has 0 radical (unpaired) electrons. The Kier molecular flexibility index (Phi) is 7.01. The standard InChI is InChI=1S/C23H30N6O/c1-17-14-18(2)26-23(25-17)28-10-8-21(9-11-28)29(13-12-27(3)4)22(30)20-7-5-6-19(15-20)16-24/h5-7,14-15,21H,8-13H2,1-4H3. The van der Waals surface area contributed by atoms with Gasteiger partial charge in [-0.15, -0.1) is 0 Å². The van der Waals surface area contributed by atoms with Crippen molar-refractivity contribution >= 4 is 11.9 Å². The average Bonchev–Trinajstić information content (AvgIpc) is 2.73. The second-order valence-electron chi connectivity index (χ2n) is 8.16. The normalized spacial score (nSPS) is 14.6. The van der Waals surface area contributed by atoms with Gasteiger partial charge in [-0.3, -0.25) is 4.79 Å². The first kappa shape index (κ1) is 21.7. The first-order chi connectivity index (χ1) is 14.4. The maximum absolute atomic E-state index is 13.3. The fraction of sp³-hybridized carbons (Fsp3) is 0.478. The minimum atomic E-state index is -0.00458. The monoisotopic (exact) mass is 406 g/mol. The third-order valence-corrected chi connectivity index (χ3v) is 5.45. The number of piperidine rings is 1. The zero-order chi connectivity index (χ0) is 21.7. The molecule has 1 saturated heterocycles. The summed E-state index contributed by atoms with van der Waals surface area (Å²) in [5, 5.41) is 9.18. The number of nitriles is 1. The number of aromatic nitrogens is 2. The molecule has 2 heterocycles. The minimum Gasteiger partial charge on any atom is -0.341 e. The van der Waals surface area contributed by atoms with Gasteiger partial charge < -0.3 is 14.7 Å². The Morgan fingerprint density at radius 2 is 1.80 bits per heavy atom. The Balaban J connectivity index is 1.74. The van der Waals surface area contributed by atoms with Crippen LogP contribution in [0.25, 0.3) is 0 Å². The molecule has 1 aromatic heterocycles. The van der Waals surface area contributed by atoms with E-state index < -0.39 is 0 Å². The lowest BCUT2D eigenvalue weighted by Crippen LogP contribution is -2.49. The van der Waals surface area contributed by atoms with Gasteiger partial charge in [0.15, 0.2) is 0 Å². The highest BCUT2D eigenvalue weighted by atomic mass is 16.2. The van der Waals surface area contributed by atoms with E-state index in [1.54, 1.807) is 24.3 Å². The van der Waals surface area contributed by atoms with Crippen molar-refractivity contribution in [3.05, 3.63) is 52.8 Å². The molecule has 0 aliphatic carbocycles. The smallest absolute Gasteiger partial charge is 0.254 e. The van der Waals surface area contributed by atoms with E-state index in [2.05, 4.69) is 25.8 Å². The van der Waals surface area contributed by atoms with Crippen molar-refractivity contribution in [3.8, 4) is 6.07 Å². The predicted molar refractivity (Wildman–Crippen MR) is 117 cm³/mol. The van der Waals surface area contributed by atoms with Crippen molar-refractivity contribution < 1.29 is 4.79 Å². The number of rotatable bonds is 6. The molecule has 3 rings (SSSR count). The van der Waals surface area contributed by atoms with Gasteiger partial charge in [0, 0.05) is 49.2 Å². The van der Waals surface area contributed by atoms with Gasteiger partial charge in [0.25, 0.3) is 5.91 Å². The number of aryl methyl sites for hydroxylation is 2. The van der Waals surface area contributed by atoms with E-state index in [1.807, 2.05) is 38.9 Å². The summed E-state index contributed by atoms with van der Waals surface area (Å²) in [6, 6.07) is 11.2. The third kappa shape index (κ3) is 5.33. The van der Waals surface area contributed by atoms with Crippen LogP contribution in [0, 0.1) is 25.2 Å². The molecule has 1 aliphatic rings. The van der Waals surface area contributed by atoms with Crippen LogP contribution < -0.4 is 4.90 Å². The summed E-state index contributed by atoms with van der Waals surface area (Å²) in [5.74, 6) is 0.772. The second-order valence-corrected chi connectivity index (χ2v) is 8.16. The van der Waals surface area contributed by atoms with E-state index in [4.69, 9.17) is 0 Å². The van der Waals surface area contributed by atoms with E-state index in [-0.39, 0.29) is 11.9 Å². The molecule has 0 spiro atoms. The van der Waals surface area contributed by atoms with E-state index >= 15 is 0 Å². The number of likely N-dealkylation sites (N-methyl/N-ethyl adjacent to an activating group) is 1. The molecule has 30 heavy (non-hydrogen) atoms. The van der Waals surface area contributed by atoms with Crippen molar-refractivity contribution in [3.63, 3.8) is 0 Å². The van der Waals surface area contributed by atoms with Crippen LogP contribution in [-0.2, 0) is 0 Å². The maximum Gasteiger partial charge on any atom is 0.254 e. The molecule has 2 aromatic rings. The lowest BCUT2D eigenvalue weighted by atomic mass is 10.0. The molecule has 0 bridgehead atoms. The van der Waals surface area contributed by atoms with Crippen LogP contribution in [0.5, 0.6) is 0 Å². The molecule has 158 valence electrons. The van der Waals surface area contributed by atoms with E-state index in [0.717, 1.165) is 49.8 Å². The van der Waals surface area contributed by atoms with Crippen molar-refractivity contribution in [2.24, 2.45) is 0 Å². The Hall–Kier alpha value is -2.98. The highest BCUT2D eigenvalue weighted by Gasteiger charge is 2.29. The Bertz CT molecular complexity index is 907. The minimum absolute atomic E-state index is 0.00458. The van der Waals surface area contributed by atoms with Crippen LogP contribution in [0.2, 0.25) is 0 Å². The van der Waals surface area contributed by atoms with Crippen molar-refractivity contribution in [1.82, 2.24) is 19.8 Å². The van der Waals surface area contributed by atoms with Crippen molar-refractivity contribution in [1.29, 1.82) is 5.26 Å². The van der Waals surface area contributed by atoms with Crippen molar-refractivity contribution in [2.45, 2.75) is 32.7 Å². The van der Waals surface area contributed by atoms with Crippen LogP contribution in [0.4, 0.5) is 5.95 Å². The summed E-state index contributed by atoms with van der Waals surface area (Å²) in [6.45, 7) is 7.07. The first-order valence-electron chi connectivity index (χ1n) is 10.4. The van der Waals surface area contributed by atoms with Gasteiger partial charge in [-0.2, -0.15) is 5.26 Å². The number of amides is 1. The van der Waals surface area contributed by atoms with Gasteiger partial charge in [0.2, 0.25) is 5.95 Å². The molecule has 1 amide bonds. The first-order valence-corrected chi connectivity index (χ1v) is 10.4. The van der Waals surface area contributed by atoms with Gasteiger partial charge in [-0.1, -0.05) is 6.07 Å². The molecular formula is C23H30N6O. The summed E-state index contributed by atoms with van der Waals surface area (Å²) in [5.41, 5.74) is 3.03. The van der Waals surface area contributed by atoms with Gasteiger partial charge >= 0.3 is 0 Å². The number of carbonyl (C=O) groups excluding carboxylic acids is 1. The van der Waals surface area contributed by atoms with Crippen LogP contribution in [0.1, 0.15) is 40.2 Å². The van der Waals surface area contributed by atoms with Gasteiger partial charge in [0.05, 0.1) is 11.6 Å². The summed E-state index contributed by atoms with van der Waals surface area (Å²) in [4.78, 5) is 28.8. The Labute approximate surface area is 178 Å². The van der Waals surface area contributed by atoms with Crippen LogP contribution in [0.15, 0.2) is 30.3 Å². The zero-order valence-electron chi connectivity index (χ0n) is 18.3. The number of carbonyl (C=O) groups is 1. The summed E-state index contributed by atoms with van der Waals surface area (Å²) >= 11 is 0. The largest absolute Gasteiger partial charge is 0.341 e. The Morgan fingerprint density at radius 1 is 1.13 bits per heavy atom. The fourth-order valence-electron chi connectivity index (χ4n) is 3.87. The lowest BCUT2D eigenvalue weighted by molar-refractivity contribution is 0.0634. The highest BCUT2D eigenvalue weighted by Crippen LogP contribution is 2.22. The average molecular weight is 407 g/mol. The second kappa shape index (κ2) is 9.68. The lowest BCUT2D eigenvalue weighted by Gasteiger charge is -2.39. The van der Waals surface area contributed by atoms with Crippen molar-refractivity contribution in [2.75, 3.05) is 45.2 Å². The third-order valence-electron chi connectivity index (χ3n) is 5.45. The van der Waals surface area contributed by atoms with Crippen LogP contribution in [-0.4, -0.2) is 72.0 Å². The topological polar surface area (TPSA) is 76.4 Å². The van der Waals surface area contributed by atoms with E-state index in [0.29, 0.717) is 17.7 Å². The van der Waals surface area contributed by atoms with Gasteiger partial charge in [0.1, 0.15) is 0 Å².